The van der Waals surface area contributed by atoms with E-state index in [9.17, 15) is 19.1 Å². The highest BCUT2D eigenvalue weighted by atomic mass is 19.1. The summed E-state index contributed by atoms with van der Waals surface area (Å²) >= 11 is 0. The minimum Gasteiger partial charge on any atom is -0.481 e. The zero-order valence-corrected chi connectivity index (χ0v) is 10.6. The molecule has 2 N–H and O–H groups in total. The third-order valence-electron chi connectivity index (χ3n) is 3.97. The van der Waals surface area contributed by atoms with Crippen molar-refractivity contribution in [3.63, 3.8) is 0 Å². The lowest BCUT2D eigenvalue weighted by molar-refractivity contribution is -0.147. The number of carboxylic acids is 1. The van der Waals surface area contributed by atoms with Crippen LogP contribution in [0.1, 0.15) is 12.8 Å². The maximum Gasteiger partial charge on any atom is 0.310 e. The maximum absolute atomic E-state index is 12.8. The van der Waals surface area contributed by atoms with Crippen molar-refractivity contribution in [3.05, 3.63) is 30.1 Å². The van der Waals surface area contributed by atoms with Gasteiger partial charge in [0.25, 0.3) is 0 Å². The number of rotatable bonds is 3. The first-order chi connectivity index (χ1) is 9.56. The normalized spacial score (nSPS) is 31.2. The average molecular weight is 279 g/mol. The van der Waals surface area contributed by atoms with Gasteiger partial charge in [-0.05, 0) is 37.1 Å². The van der Waals surface area contributed by atoms with Crippen molar-refractivity contribution in [2.75, 3.05) is 5.32 Å². The average Bonchev–Trinajstić information content (AvgIpc) is 3.01. The number of carbonyl (C=O) groups excluding carboxylic acids is 1. The predicted octanol–water partition coefficient (Wildman–Crippen LogP) is 1.64. The molecule has 1 aromatic carbocycles. The summed E-state index contributed by atoms with van der Waals surface area (Å²) in [6.07, 6.45) is 0.681. The van der Waals surface area contributed by atoms with Crippen LogP contribution in [-0.2, 0) is 14.3 Å². The Balaban J connectivity index is 1.76. The summed E-state index contributed by atoms with van der Waals surface area (Å²) in [5, 5.41) is 11.9. The number of carbonyl (C=O) groups is 2. The fourth-order valence-electron chi connectivity index (χ4n) is 3.08. The highest BCUT2D eigenvalue weighted by Crippen LogP contribution is 2.44. The smallest absolute Gasteiger partial charge is 0.310 e. The molecule has 0 spiro atoms. The zero-order valence-electron chi connectivity index (χ0n) is 10.6. The molecule has 0 aliphatic carbocycles. The van der Waals surface area contributed by atoms with E-state index in [1.165, 1.54) is 24.3 Å². The van der Waals surface area contributed by atoms with E-state index in [0.717, 1.165) is 0 Å². The number of amides is 1. The number of anilines is 1. The molecule has 5 nitrogen and oxygen atoms in total. The fourth-order valence-corrected chi connectivity index (χ4v) is 3.08. The third-order valence-corrected chi connectivity index (χ3v) is 3.97. The Morgan fingerprint density at radius 3 is 2.35 bits per heavy atom. The summed E-state index contributed by atoms with van der Waals surface area (Å²) in [6.45, 7) is 0. The Hall–Kier alpha value is -1.95. The number of halogens is 1. The SMILES string of the molecule is O=C(O)[C@@H]1[C@@H](C(=O)Nc2ccc(F)cc2)[C@H]2CC[C@H]1O2. The van der Waals surface area contributed by atoms with Crippen molar-refractivity contribution in [2.24, 2.45) is 11.8 Å². The molecule has 2 aliphatic rings. The zero-order chi connectivity index (χ0) is 14.3. The molecule has 2 heterocycles. The van der Waals surface area contributed by atoms with Gasteiger partial charge in [-0.3, -0.25) is 9.59 Å². The van der Waals surface area contributed by atoms with Gasteiger partial charge >= 0.3 is 5.97 Å². The van der Waals surface area contributed by atoms with Gasteiger partial charge in [0.15, 0.2) is 0 Å². The number of fused-ring (bicyclic) bond motifs is 2. The summed E-state index contributed by atoms with van der Waals surface area (Å²) < 4.78 is 18.3. The highest BCUT2D eigenvalue weighted by molar-refractivity contribution is 5.96. The molecule has 0 saturated carbocycles. The third kappa shape index (κ3) is 2.16. The van der Waals surface area contributed by atoms with E-state index in [-0.39, 0.29) is 18.1 Å². The molecular weight excluding hydrogens is 265 g/mol. The van der Waals surface area contributed by atoms with Crippen LogP contribution in [0, 0.1) is 17.7 Å². The lowest BCUT2D eigenvalue weighted by Crippen LogP contribution is -2.40. The number of carboxylic acid groups (broad SMARTS) is 1. The van der Waals surface area contributed by atoms with Gasteiger partial charge in [0.1, 0.15) is 5.82 Å². The second-order valence-electron chi connectivity index (χ2n) is 5.18. The predicted molar refractivity (Wildman–Crippen MR) is 67.5 cm³/mol. The second kappa shape index (κ2) is 4.86. The molecule has 1 amide bonds. The van der Waals surface area contributed by atoms with Gasteiger partial charge in [-0.1, -0.05) is 0 Å². The van der Waals surface area contributed by atoms with Crippen LogP contribution < -0.4 is 5.32 Å². The summed E-state index contributed by atoms with van der Waals surface area (Å²) in [7, 11) is 0. The Labute approximate surface area is 114 Å². The Bertz CT molecular complexity index is 545. The molecule has 20 heavy (non-hydrogen) atoms. The molecule has 0 unspecified atom stereocenters. The quantitative estimate of drug-likeness (QED) is 0.882. The molecule has 2 saturated heterocycles. The Morgan fingerprint density at radius 2 is 1.75 bits per heavy atom. The van der Waals surface area contributed by atoms with E-state index in [4.69, 9.17) is 4.74 Å². The summed E-state index contributed by atoms with van der Waals surface area (Å²) in [5.74, 6) is -3.26. The topological polar surface area (TPSA) is 75.6 Å². The van der Waals surface area contributed by atoms with Crippen molar-refractivity contribution in [1.82, 2.24) is 0 Å². The number of benzene rings is 1. The van der Waals surface area contributed by atoms with E-state index < -0.39 is 23.6 Å². The maximum atomic E-state index is 12.8. The molecular formula is C14H14FNO4. The number of nitrogens with one attached hydrogen (secondary N) is 1. The van der Waals surface area contributed by atoms with Crippen molar-refractivity contribution >= 4 is 17.6 Å². The van der Waals surface area contributed by atoms with E-state index in [2.05, 4.69) is 5.32 Å². The van der Waals surface area contributed by atoms with Crippen LogP contribution >= 0.6 is 0 Å². The molecule has 6 heteroatoms. The lowest BCUT2D eigenvalue weighted by Gasteiger charge is -2.23. The van der Waals surface area contributed by atoms with Crippen molar-refractivity contribution < 1.29 is 23.8 Å². The minimum absolute atomic E-state index is 0.332. The van der Waals surface area contributed by atoms with Crippen LogP contribution in [0.5, 0.6) is 0 Å². The molecule has 106 valence electrons. The van der Waals surface area contributed by atoms with Gasteiger partial charge in [0.2, 0.25) is 5.91 Å². The lowest BCUT2D eigenvalue weighted by atomic mass is 9.78. The minimum atomic E-state index is -1.00. The highest BCUT2D eigenvalue weighted by Gasteiger charge is 2.55. The van der Waals surface area contributed by atoms with Gasteiger partial charge in [0, 0.05) is 5.69 Å². The van der Waals surface area contributed by atoms with Crippen molar-refractivity contribution in [3.8, 4) is 0 Å². The van der Waals surface area contributed by atoms with Crippen molar-refractivity contribution in [1.29, 1.82) is 0 Å². The van der Waals surface area contributed by atoms with Gasteiger partial charge in [-0.2, -0.15) is 0 Å². The second-order valence-corrected chi connectivity index (χ2v) is 5.18. The number of hydrogen-bond acceptors (Lipinski definition) is 3. The first-order valence-electron chi connectivity index (χ1n) is 6.51. The van der Waals surface area contributed by atoms with Crippen LogP contribution in [0.3, 0.4) is 0 Å². The van der Waals surface area contributed by atoms with E-state index in [1.807, 2.05) is 0 Å². The standard InChI is InChI=1S/C14H14FNO4/c15-7-1-3-8(4-2-7)16-13(17)11-9-5-6-10(20-9)12(11)14(18)19/h1-4,9-12H,5-6H2,(H,16,17)(H,18,19)/t9-,10-,11+,12+/m1/s1. The van der Waals surface area contributed by atoms with Gasteiger partial charge in [-0.15, -0.1) is 0 Å². The molecule has 1 aromatic rings. The fraction of sp³-hybridized carbons (Fsp3) is 0.429. The van der Waals surface area contributed by atoms with E-state index in [0.29, 0.717) is 18.5 Å². The van der Waals surface area contributed by atoms with E-state index in [1.54, 1.807) is 0 Å². The Morgan fingerprint density at radius 1 is 1.15 bits per heavy atom. The molecule has 0 aromatic heterocycles. The molecule has 2 bridgehead atoms. The molecule has 0 radical (unpaired) electrons. The molecule has 4 atom stereocenters. The molecule has 2 aliphatic heterocycles. The number of hydrogen-bond donors (Lipinski definition) is 2. The van der Waals surface area contributed by atoms with Crippen LogP contribution in [0.15, 0.2) is 24.3 Å². The summed E-state index contributed by atoms with van der Waals surface area (Å²) in [6, 6.07) is 5.36. The van der Waals surface area contributed by atoms with Crippen LogP contribution in [0.25, 0.3) is 0 Å². The van der Waals surface area contributed by atoms with Gasteiger partial charge < -0.3 is 15.2 Å². The largest absolute Gasteiger partial charge is 0.481 e. The Kier molecular flexibility index (Phi) is 3.17. The van der Waals surface area contributed by atoms with Gasteiger partial charge in [0.05, 0.1) is 24.0 Å². The van der Waals surface area contributed by atoms with Crippen LogP contribution in [-0.4, -0.2) is 29.2 Å². The van der Waals surface area contributed by atoms with Crippen molar-refractivity contribution in [2.45, 2.75) is 25.0 Å². The van der Waals surface area contributed by atoms with Crippen LogP contribution in [0.4, 0.5) is 10.1 Å². The number of aliphatic carboxylic acids is 1. The first-order valence-corrected chi connectivity index (χ1v) is 6.51. The summed E-state index contributed by atoms with van der Waals surface area (Å²) in [5.41, 5.74) is 0.448. The summed E-state index contributed by atoms with van der Waals surface area (Å²) in [4.78, 5) is 23.5. The molecule has 2 fully saturated rings. The first kappa shape index (κ1) is 13.1. The molecule has 3 rings (SSSR count). The van der Waals surface area contributed by atoms with Crippen LogP contribution in [0.2, 0.25) is 0 Å². The number of ether oxygens (including phenoxy) is 1. The van der Waals surface area contributed by atoms with Gasteiger partial charge in [-0.25, -0.2) is 4.39 Å². The van der Waals surface area contributed by atoms with E-state index >= 15 is 0 Å². The monoisotopic (exact) mass is 279 g/mol.